The summed E-state index contributed by atoms with van der Waals surface area (Å²) >= 11 is 3.48. The summed E-state index contributed by atoms with van der Waals surface area (Å²) in [6, 6.07) is 0. The molecular formula is C3H7NOS. The van der Waals surface area contributed by atoms with Gasteiger partial charge in [-0.3, -0.25) is 4.79 Å². The molecule has 1 amide bonds. The first-order valence-electron chi connectivity index (χ1n) is 1.55. The number of carbonyl (C=O) groups excluding carboxylic acids is 1. The molecule has 0 aromatic rings. The van der Waals surface area contributed by atoms with E-state index < -0.39 is 0 Å². The second-order valence-electron chi connectivity index (χ2n) is 1.18. The zero-order valence-electron chi connectivity index (χ0n) is 3.80. The highest BCUT2D eigenvalue weighted by Crippen LogP contribution is 1.82. The van der Waals surface area contributed by atoms with Gasteiger partial charge in [0.2, 0.25) is 0 Å². The van der Waals surface area contributed by atoms with Crippen LogP contribution in [0.5, 0.6) is 0 Å². The van der Waals surface area contributed by atoms with Crippen LogP contribution < -0.4 is 0 Å². The standard InChI is InChI=1S/C3H7NOS/c1-4(2)3(5)6/h1-2H3,(H,5,6). The lowest BCUT2D eigenvalue weighted by Gasteiger charge is -2.01. The van der Waals surface area contributed by atoms with Gasteiger partial charge in [0.15, 0.2) is 0 Å². The van der Waals surface area contributed by atoms with E-state index in [-0.39, 0.29) is 5.24 Å². The van der Waals surface area contributed by atoms with E-state index in [2.05, 4.69) is 12.6 Å². The van der Waals surface area contributed by atoms with Crippen LogP contribution in [0.1, 0.15) is 0 Å². The fourth-order valence-corrected chi connectivity index (χ4v) is 0. The maximum absolute atomic E-state index is 9.93. The Morgan fingerprint density at radius 2 is 1.83 bits per heavy atom. The van der Waals surface area contributed by atoms with Crippen LogP contribution in [0.25, 0.3) is 0 Å². The lowest BCUT2D eigenvalue weighted by molar-refractivity contribution is 0.241. The Bertz CT molecular complexity index is 61.8. The second-order valence-corrected chi connectivity index (χ2v) is 1.56. The summed E-state index contributed by atoms with van der Waals surface area (Å²) in [6.07, 6.45) is 0. The monoisotopic (exact) mass is 105 g/mol. The molecule has 0 atom stereocenters. The molecule has 0 saturated heterocycles. The highest BCUT2D eigenvalue weighted by atomic mass is 32.1. The van der Waals surface area contributed by atoms with Crippen molar-refractivity contribution >= 4 is 17.9 Å². The smallest absolute Gasteiger partial charge is 0.278 e. The van der Waals surface area contributed by atoms with Crippen molar-refractivity contribution in [1.82, 2.24) is 4.90 Å². The van der Waals surface area contributed by atoms with Crippen LogP contribution in [0.2, 0.25) is 0 Å². The number of hydrogen-bond donors (Lipinski definition) is 1. The minimum atomic E-state index is -0.213. The minimum absolute atomic E-state index is 0.213. The Balaban J connectivity index is 3.26. The van der Waals surface area contributed by atoms with Crippen molar-refractivity contribution in [3.8, 4) is 0 Å². The fourth-order valence-electron chi connectivity index (χ4n) is 0. The quantitative estimate of drug-likeness (QED) is 0.447. The summed E-state index contributed by atoms with van der Waals surface area (Å²) in [5, 5.41) is -0.213. The molecule has 0 N–H and O–H groups in total. The average molecular weight is 105 g/mol. The van der Waals surface area contributed by atoms with Crippen LogP contribution in [-0.2, 0) is 0 Å². The summed E-state index contributed by atoms with van der Waals surface area (Å²) in [7, 11) is 3.30. The van der Waals surface area contributed by atoms with E-state index in [0.717, 1.165) is 0 Å². The number of nitrogens with zero attached hydrogens (tertiary/aromatic N) is 1. The maximum atomic E-state index is 9.93. The minimum Gasteiger partial charge on any atom is -0.340 e. The highest BCUT2D eigenvalue weighted by Gasteiger charge is 1.89. The summed E-state index contributed by atoms with van der Waals surface area (Å²) < 4.78 is 0. The molecule has 0 saturated carbocycles. The molecule has 36 valence electrons. The normalized spacial score (nSPS) is 7.83. The van der Waals surface area contributed by atoms with Gasteiger partial charge in [0.25, 0.3) is 5.24 Å². The molecule has 0 aromatic carbocycles. The molecule has 0 aliphatic heterocycles. The van der Waals surface area contributed by atoms with Crippen LogP contribution in [-0.4, -0.2) is 24.2 Å². The van der Waals surface area contributed by atoms with Crippen molar-refractivity contribution in [1.29, 1.82) is 0 Å². The van der Waals surface area contributed by atoms with E-state index in [9.17, 15) is 4.79 Å². The maximum Gasteiger partial charge on any atom is 0.278 e. The number of thiol groups is 1. The van der Waals surface area contributed by atoms with Crippen LogP contribution >= 0.6 is 12.6 Å². The van der Waals surface area contributed by atoms with Gasteiger partial charge < -0.3 is 4.90 Å². The molecule has 2 nitrogen and oxygen atoms in total. The lowest BCUT2D eigenvalue weighted by Crippen LogP contribution is -2.13. The Labute approximate surface area is 42.5 Å². The van der Waals surface area contributed by atoms with E-state index in [4.69, 9.17) is 0 Å². The van der Waals surface area contributed by atoms with Crippen LogP contribution in [0, 0.1) is 0 Å². The van der Waals surface area contributed by atoms with Gasteiger partial charge in [-0.15, -0.1) is 0 Å². The summed E-state index contributed by atoms with van der Waals surface area (Å²) in [4.78, 5) is 11.3. The lowest BCUT2D eigenvalue weighted by atomic mass is 11.0. The van der Waals surface area contributed by atoms with Gasteiger partial charge in [-0.25, -0.2) is 0 Å². The van der Waals surface area contributed by atoms with Crippen molar-refractivity contribution < 1.29 is 4.79 Å². The largest absolute Gasteiger partial charge is 0.340 e. The molecule has 6 heavy (non-hydrogen) atoms. The number of carbonyl (C=O) groups is 1. The third-order valence-corrected chi connectivity index (χ3v) is 0.783. The molecule has 0 unspecified atom stereocenters. The molecule has 0 aromatic heterocycles. The molecule has 0 heterocycles. The van der Waals surface area contributed by atoms with Gasteiger partial charge in [0.1, 0.15) is 0 Å². The molecular weight excluding hydrogens is 98.1 g/mol. The summed E-state index contributed by atoms with van der Waals surface area (Å²) in [6.45, 7) is 0. The van der Waals surface area contributed by atoms with Crippen molar-refractivity contribution in [2.45, 2.75) is 0 Å². The van der Waals surface area contributed by atoms with Gasteiger partial charge in [-0.05, 0) is 0 Å². The van der Waals surface area contributed by atoms with E-state index >= 15 is 0 Å². The zero-order chi connectivity index (χ0) is 5.15. The molecule has 0 bridgehead atoms. The van der Waals surface area contributed by atoms with E-state index in [1.165, 1.54) is 4.90 Å². The number of rotatable bonds is 0. The Morgan fingerprint density at radius 1 is 1.67 bits per heavy atom. The molecule has 3 heteroatoms. The van der Waals surface area contributed by atoms with Crippen LogP contribution in [0.3, 0.4) is 0 Å². The summed E-state index contributed by atoms with van der Waals surface area (Å²) in [5.41, 5.74) is 0. The van der Waals surface area contributed by atoms with E-state index in [1.807, 2.05) is 0 Å². The molecule has 0 aliphatic carbocycles. The fraction of sp³-hybridized carbons (Fsp3) is 0.667. The number of amides is 1. The summed E-state index contributed by atoms with van der Waals surface area (Å²) in [5.74, 6) is 0. The Hall–Kier alpha value is -0.180. The molecule has 0 fully saturated rings. The highest BCUT2D eigenvalue weighted by molar-refractivity contribution is 7.96. The molecule has 0 aliphatic rings. The van der Waals surface area contributed by atoms with Crippen molar-refractivity contribution in [3.63, 3.8) is 0 Å². The second kappa shape index (κ2) is 2.08. The Morgan fingerprint density at radius 3 is 1.83 bits per heavy atom. The molecule has 0 radical (unpaired) electrons. The molecule has 0 rings (SSSR count). The average Bonchev–Trinajstić information content (AvgIpc) is 1.36. The van der Waals surface area contributed by atoms with Crippen molar-refractivity contribution in [3.05, 3.63) is 0 Å². The predicted molar refractivity (Wildman–Crippen MR) is 28.1 cm³/mol. The van der Waals surface area contributed by atoms with Crippen molar-refractivity contribution in [2.75, 3.05) is 14.1 Å². The van der Waals surface area contributed by atoms with Gasteiger partial charge in [0, 0.05) is 14.1 Å². The Kier molecular flexibility index (Phi) is 2.01. The SMILES string of the molecule is CN(C)C(=O)S. The zero-order valence-corrected chi connectivity index (χ0v) is 4.70. The van der Waals surface area contributed by atoms with E-state index in [1.54, 1.807) is 14.1 Å². The van der Waals surface area contributed by atoms with Gasteiger partial charge >= 0.3 is 0 Å². The van der Waals surface area contributed by atoms with Gasteiger partial charge in [0.05, 0.1) is 0 Å². The van der Waals surface area contributed by atoms with E-state index in [0.29, 0.717) is 0 Å². The topological polar surface area (TPSA) is 20.3 Å². The first-order valence-corrected chi connectivity index (χ1v) is 1.99. The predicted octanol–water partition coefficient (Wildman–Crippen LogP) is 0.598. The van der Waals surface area contributed by atoms with Crippen LogP contribution in [0.4, 0.5) is 4.79 Å². The van der Waals surface area contributed by atoms with Crippen molar-refractivity contribution in [2.24, 2.45) is 0 Å². The third kappa shape index (κ3) is 2.08. The van der Waals surface area contributed by atoms with Gasteiger partial charge in [-0.1, -0.05) is 12.6 Å². The first kappa shape index (κ1) is 5.82. The molecule has 0 spiro atoms. The third-order valence-electron chi connectivity index (χ3n) is 0.383. The number of hydrogen-bond acceptors (Lipinski definition) is 1. The van der Waals surface area contributed by atoms with Crippen LogP contribution in [0.15, 0.2) is 0 Å². The van der Waals surface area contributed by atoms with Gasteiger partial charge in [-0.2, -0.15) is 0 Å². The first-order chi connectivity index (χ1) is 2.64.